The molecule has 0 heterocycles. The molecule has 2 atom stereocenters. The first-order chi connectivity index (χ1) is 10.4. The molecular formula is C16H23ClN2O3. The molecule has 1 saturated carbocycles. The first-order valence-corrected chi connectivity index (χ1v) is 7.84. The SMILES string of the molecule is COc1cc(Cl)c(C)cc1NC(=O)N(C)CC1CCCC1O. The predicted octanol–water partition coefficient (Wildman–Crippen LogP) is 3.28. The molecule has 1 aromatic rings. The topological polar surface area (TPSA) is 61.8 Å². The number of carbonyl (C=O) groups is 1. The molecular weight excluding hydrogens is 304 g/mol. The summed E-state index contributed by atoms with van der Waals surface area (Å²) in [6.45, 7) is 2.41. The van der Waals surface area contributed by atoms with Gasteiger partial charge in [0.05, 0.1) is 18.9 Å². The van der Waals surface area contributed by atoms with Crippen molar-refractivity contribution in [3.63, 3.8) is 0 Å². The van der Waals surface area contributed by atoms with Crippen LogP contribution in [0.15, 0.2) is 12.1 Å². The maximum atomic E-state index is 12.3. The Balaban J connectivity index is 2.03. The van der Waals surface area contributed by atoms with E-state index in [4.69, 9.17) is 16.3 Å². The van der Waals surface area contributed by atoms with E-state index in [0.29, 0.717) is 23.0 Å². The van der Waals surface area contributed by atoms with Crippen molar-refractivity contribution >= 4 is 23.3 Å². The lowest BCUT2D eigenvalue weighted by atomic mass is 10.1. The van der Waals surface area contributed by atoms with Gasteiger partial charge in [0.1, 0.15) is 5.75 Å². The third-order valence-corrected chi connectivity index (χ3v) is 4.60. The molecule has 0 bridgehead atoms. The summed E-state index contributed by atoms with van der Waals surface area (Å²) >= 11 is 6.06. The van der Waals surface area contributed by atoms with Crippen LogP contribution in [0.4, 0.5) is 10.5 Å². The Morgan fingerprint density at radius 2 is 2.23 bits per heavy atom. The molecule has 22 heavy (non-hydrogen) atoms. The average Bonchev–Trinajstić information content (AvgIpc) is 2.87. The number of methoxy groups -OCH3 is 1. The van der Waals surface area contributed by atoms with Crippen LogP contribution in [0.2, 0.25) is 5.02 Å². The number of ether oxygens (including phenoxy) is 1. The number of benzene rings is 1. The molecule has 0 aliphatic heterocycles. The summed E-state index contributed by atoms with van der Waals surface area (Å²) < 4.78 is 5.25. The van der Waals surface area contributed by atoms with Gasteiger partial charge in [-0.2, -0.15) is 0 Å². The number of nitrogens with zero attached hydrogens (tertiary/aromatic N) is 1. The number of aliphatic hydroxyl groups is 1. The van der Waals surface area contributed by atoms with E-state index in [9.17, 15) is 9.90 Å². The van der Waals surface area contributed by atoms with E-state index in [-0.39, 0.29) is 18.1 Å². The van der Waals surface area contributed by atoms with Crippen LogP contribution >= 0.6 is 11.6 Å². The molecule has 2 unspecified atom stereocenters. The molecule has 0 spiro atoms. The predicted molar refractivity (Wildman–Crippen MR) is 87.7 cm³/mol. The number of hydrogen-bond acceptors (Lipinski definition) is 3. The highest BCUT2D eigenvalue weighted by Crippen LogP contribution is 2.31. The second-order valence-corrected chi connectivity index (χ2v) is 6.28. The lowest BCUT2D eigenvalue weighted by Gasteiger charge is -2.24. The Kier molecular flexibility index (Phi) is 5.53. The summed E-state index contributed by atoms with van der Waals surface area (Å²) in [6, 6.07) is 3.25. The largest absolute Gasteiger partial charge is 0.495 e. The Morgan fingerprint density at radius 3 is 2.82 bits per heavy atom. The second-order valence-electron chi connectivity index (χ2n) is 5.87. The maximum Gasteiger partial charge on any atom is 0.321 e. The van der Waals surface area contributed by atoms with Gasteiger partial charge in [0.15, 0.2) is 0 Å². The number of aliphatic hydroxyl groups excluding tert-OH is 1. The van der Waals surface area contributed by atoms with E-state index < -0.39 is 0 Å². The van der Waals surface area contributed by atoms with Gasteiger partial charge < -0.3 is 20.1 Å². The van der Waals surface area contributed by atoms with Crippen molar-refractivity contribution in [1.82, 2.24) is 4.90 Å². The number of nitrogens with one attached hydrogen (secondary N) is 1. The Hall–Kier alpha value is -1.46. The first kappa shape index (κ1) is 16.9. The van der Waals surface area contributed by atoms with Gasteiger partial charge in [0.25, 0.3) is 0 Å². The summed E-state index contributed by atoms with van der Waals surface area (Å²) in [4.78, 5) is 13.9. The summed E-state index contributed by atoms with van der Waals surface area (Å²) in [6.07, 6.45) is 2.50. The maximum absolute atomic E-state index is 12.3. The molecule has 5 nitrogen and oxygen atoms in total. The van der Waals surface area contributed by atoms with Crippen LogP contribution in [-0.4, -0.2) is 42.8 Å². The van der Waals surface area contributed by atoms with Gasteiger partial charge in [-0.15, -0.1) is 0 Å². The third-order valence-electron chi connectivity index (χ3n) is 4.20. The molecule has 0 saturated heterocycles. The van der Waals surface area contributed by atoms with Crippen molar-refractivity contribution in [3.8, 4) is 5.75 Å². The van der Waals surface area contributed by atoms with Gasteiger partial charge in [-0.1, -0.05) is 18.0 Å². The van der Waals surface area contributed by atoms with E-state index in [1.165, 1.54) is 7.11 Å². The van der Waals surface area contributed by atoms with Gasteiger partial charge >= 0.3 is 6.03 Å². The average molecular weight is 327 g/mol. The van der Waals surface area contributed by atoms with E-state index in [1.807, 2.05) is 6.92 Å². The van der Waals surface area contributed by atoms with E-state index >= 15 is 0 Å². The zero-order chi connectivity index (χ0) is 16.3. The fourth-order valence-corrected chi connectivity index (χ4v) is 2.96. The Morgan fingerprint density at radius 1 is 1.50 bits per heavy atom. The van der Waals surface area contributed by atoms with E-state index in [0.717, 1.165) is 24.8 Å². The summed E-state index contributed by atoms with van der Waals surface area (Å²) in [7, 11) is 3.27. The Labute approximate surface area is 136 Å². The molecule has 1 aliphatic carbocycles. The summed E-state index contributed by atoms with van der Waals surface area (Å²) in [5.41, 5.74) is 1.46. The zero-order valence-electron chi connectivity index (χ0n) is 13.2. The van der Waals surface area contributed by atoms with Gasteiger partial charge in [-0.05, 0) is 31.4 Å². The van der Waals surface area contributed by atoms with Gasteiger partial charge in [-0.3, -0.25) is 0 Å². The van der Waals surface area contributed by atoms with Gasteiger partial charge in [0.2, 0.25) is 0 Å². The second kappa shape index (κ2) is 7.20. The number of carbonyl (C=O) groups excluding carboxylic acids is 1. The van der Waals surface area contributed by atoms with Crippen LogP contribution in [0.3, 0.4) is 0 Å². The standard InChI is InChI=1S/C16H23ClN2O3/c1-10-7-13(15(22-3)8-12(10)17)18-16(21)19(2)9-11-5-4-6-14(11)20/h7-8,11,14,20H,4-6,9H2,1-3H3,(H,18,21). The van der Waals surface area contributed by atoms with Crippen LogP contribution in [0.25, 0.3) is 0 Å². The highest BCUT2D eigenvalue weighted by molar-refractivity contribution is 6.31. The number of halogens is 1. The van der Waals surface area contributed by atoms with Crippen molar-refractivity contribution in [3.05, 3.63) is 22.7 Å². The van der Waals surface area contributed by atoms with Crippen LogP contribution in [0.5, 0.6) is 5.75 Å². The highest BCUT2D eigenvalue weighted by Gasteiger charge is 2.27. The molecule has 6 heteroatoms. The van der Waals surface area contributed by atoms with Crippen molar-refractivity contribution in [1.29, 1.82) is 0 Å². The Bertz CT molecular complexity index is 550. The van der Waals surface area contributed by atoms with E-state index in [1.54, 1.807) is 24.1 Å². The molecule has 2 N–H and O–H groups in total. The fourth-order valence-electron chi connectivity index (χ4n) is 2.81. The smallest absolute Gasteiger partial charge is 0.321 e. The number of hydrogen-bond donors (Lipinski definition) is 2. The third kappa shape index (κ3) is 3.84. The van der Waals surface area contributed by atoms with Crippen molar-refractivity contribution in [2.75, 3.05) is 26.0 Å². The molecule has 1 aromatic carbocycles. The van der Waals surface area contributed by atoms with Crippen LogP contribution in [-0.2, 0) is 0 Å². The number of urea groups is 1. The van der Waals surface area contributed by atoms with Crippen molar-refractivity contribution in [2.45, 2.75) is 32.3 Å². The minimum absolute atomic E-state index is 0.157. The van der Waals surface area contributed by atoms with Gasteiger partial charge in [0, 0.05) is 30.6 Å². The fraction of sp³-hybridized carbons (Fsp3) is 0.562. The normalized spacial score (nSPS) is 20.8. The molecule has 1 fully saturated rings. The summed E-state index contributed by atoms with van der Waals surface area (Å²) in [5.74, 6) is 0.683. The molecule has 122 valence electrons. The number of aryl methyl sites for hydroxylation is 1. The van der Waals surface area contributed by atoms with Gasteiger partial charge in [-0.25, -0.2) is 4.79 Å². The number of anilines is 1. The zero-order valence-corrected chi connectivity index (χ0v) is 14.0. The number of amides is 2. The molecule has 2 amide bonds. The molecule has 1 aliphatic rings. The minimum atomic E-state index is -0.303. The van der Waals surface area contributed by atoms with Crippen molar-refractivity contribution < 1.29 is 14.6 Å². The van der Waals surface area contributed by atoms with Crippen LogP contribution in [0.1, 0.15) is 24.8 Å². The highest BCUT2D eigenvalue weighted by atomic mass is 35.5. The van der Waals surface area contributed by atoms with Crippen LogP contribution in [0, 0.1) is 12.8 Å². The lowest BCUT2D eigenvalue weighted by molar-refractivity contribution is 0.116. The molecule has 0 radical (unpaired) electrons. The summed E-state index contributed by atoms with van der Waals surface area (Å²) in [5, 5.41) is 13.3. The van der Waals surface area contributed by atoms with Crippen LogP contribution < -0.4 is 10.1 Å². The van der Waals surface area contributed by atoms with E-state index in [2.05, 4.69) is 5.32 Å². The minimum Gasteiger partial charge on any atom is -0.495 e. The first-order valence-electron chi connectivity index (χ1n) is 7.46. The monoisotopic (exact) mass is 326 g/mol. The molecule has 0 aromatic heterocycles. The quantitative estimate of drug-likeness (QED) is 0.892. The van der Waals surface area contributed by atoms with Crippen molar-refractivity contribution in [2.24, 2.45) is 5.92 Å². The number of rotatable bonds is 4. The molecule has 2 rings (SSSR count). The lowest BCUT2D eigenvalue weighted by Crippen LogP contribution is -2.37.